The van der Waals surface area contributed by atoms with Crippen LogP contribution in [0, 0.1) is 0 Å². The van der Waals surface area contributed by atoms with Gasteiger partial charge in [-0.25, -0.2) is 0 Å². The van der Waals surface area contributed by atoms with Gasteiger partial charge in [0.25, 0.3) is 0 Å². The predicted molar refractivity (Wildman–Crippen MR) is 49.8 cm³/mol. The highest BCUT2D eigenvalue weighted by atomic mass is 32.1. The normalized spacial score (nSPS) is 10.0. The number of hydrogen-bond donors (Lipinski definition) is 1. The molecule has 1 nitrogen and oxygen atoms in total. The quantitative estimate of drug-likeness (QED) is 0.681. The van der Waals surface area contributed by atoms with Crippen molar-refractivity contribution >= 4 is 12.6 Å². The second-order valence-electron chi connectivity index (χ2n) is 2.41. The molecule has 0 saturated carbocycles. The molecule has 1 aromatic carbocycles. The minimum absolute atomic E-state index is 0.682. The van der Waals surface area contributed by atoms with Gasteiger partial charge in [-0.1, -0.05) is 24.3 Å². The fourth-order valence-corrected chi connectivity index (χ4v) is 1.18. The van der Waals surface area contributed by atoms with E-state index < -0.39 is 0 Å². The smallest absolute Gasteiger partial charge is 0.0713 e. The Balaban J connectivity index is 2.74. The van der Waals surface area contributed by atoms with E-state index in [0.717, 1.165) is 5.75 Å². The van der Waals surface area contributed by atoms with E-state index in [0.29, 0.717) is 6.61 Å². The Bertz CT molecular complexity index is 223. The standard InChI is InChI=1S/C9H12OS/c1-10-6-8-3-2-4-9(5-8)7-11/h2-5,11H,6-7H2,1H3. The molecule has 0 unspecified atom stereocenters. The van der Waals surface area contributed by atoms with Gasteiger partial charge in [0.15, 0.2) is 0 Å². The van der Waals surface area contributed by atoms with Gasteiger partial charge in [-0.15, -0.1) is 0 Å². The third kappa shape index (κ3) is 2.56. The Morgan fingerprint density at radius 1 is 1.36 bits per heavy atom. The van der Waals surface area contributed by atoms with Crippen molar-refractivity contribution in [3.05, 3.63) is 35.4 Å². The van der Waals surface area contributed by atoms with Gasteiger partial charge >= 0.3 is 0 Å². The molecule has 0 aliphatic rings. The van der Waals surface area contributed by atoms with Crippen molar-refractivity contribution < 1.29 is 4.74 Å². The molecule has 0 aromatic heterocycles. The first kappa shape index (κ1) is 8.62. The third-order valence-corrected chi connectivity index (χ3v) is 1.85. The maximum Gasteiger partial charge on any atom is 0.0713 e. The first-order valence-electron chi connectivity index (χ1n) is 3.54. The molecule has 0 spiro atoms. The minimum atomic E-state index is 0.682. The van der Waals surface area contributed by atoms with E-state index in [1.807, 2.05) is 6.07 Å². The predicted octanol–water partition coefficient (Wildman–Crippen LogP) is 2.26. The van der Waals surface area contributed by atoms with Crippen LogP contribution in [0.25, 0.3) is 0 Å². The molecule has 1 rings (SSSR count). The molecule has 1 aromatic rings. The van der Waals surface area contributed by atoms with Gasteiger partial charge in [-0.3, -0.25) is 0 Å². The summed E-state index contributed by atoms with van der Waals surface area (Å²) in [6.07, 6.45) is 0. The highest BCUT2D eigenvalue weighted by molar-refractivity contribution is 7.79. The van der Waals surface area contributed by atoms with E-state index in [2.05, 4.69) is 30.8 Å². The van der Waals surface area contributed by atoms with Gasteiger partial charge < -0.3 is 4.74 Å². The van der Waals surface area contributed by atoms with Crippen molar-refractivity contribution in [2.75, 3.05) is 7.11 Å². The Kier molecular flexibility index (Phi) is 3.46. The highest BCUT2D eigenvalue weighted by Crippen LogP contribution is 2.07. The molecular formula is C9H12OS. The van der Waals surface area contributed by atoms with E-state index in [9.17, 15) is 0 Å². The summed E-state index contributed by atoms with van der Waals surface area (Å²) >= 11 is 4.18. The molecule has 11 heavy (non-hydrogen) atoms. The van der Waals surface area contributed by atoms with E-state index in [4.69, 9.17) is 4.74 Å². The zero-order valence-corrected chi connectivity index (χ0v) is 7.47. The van der Waals surface area contributed by atoms with E-state index >= 15 is 0 Å². The summed E-state index contributed by atoms with van der Waals surface area (Å²) in [4.78, 5) is 0. The van der Waals surface area contributed by atoms with Crippen LogP contribution in [0.15, 0.2) is 24.3 Å². The molecule has 2 heteroatoms. The molecule has 60 valence electrons. The molecule has 0 bridgehead atoms. The molecule has 0 radical (unpaired) electrons. The van der Waals surface area contributed by atoms with Gasteiger partial charge in [0.2, 0.25) is 0 Å². The topological polar surface area (TPSA) is 9.23 Å². The van der Waals surface area contributed by atoms with Crippen LogP contribution in [0.3, 0.4) is 0 Å². The van der Waals surface area contributed by atoms with E-state index in [-0.39, 0.29) is 0 Å². The van der Waals surface area contributed by atoms with Crippen LogP contribution < -0.4 is 0 Å². The first-order valence-corrected chi connectivity index (χ1v) is 4.17. The van der Waals surface area contributed by atoms with Gasteiger partial charge in [0, 0.05) is 12.9 Å². The maximum absolute atomic E-state index is 5.00. The van der Waals surface area contributed by atoms with Crippen LogP contribution in [0.2, 0.25) is 0 Å². The number of thiol groups is 1. The lowest BCUT2D eigenvalue weighted by atomic mass is 10.1. The highest BCUT2D eigenvalue weighted by Gasteiger charge is 1.92. The van der Waals surface area contributed by atoms with Crippen LogP contribution >= 0.6 is 12.6 Å². The van der Waals surface area contributed by atoms with Gasteiger partial charge in [-0.2, -0.15) is 12.6 Å². The Hall–Kier alpha value is -0.470. The lowest BCUT2D eigenvalue weighted by Crippen LogP contribution is -1.88. The first-order chi connectivity index (χ1) is 5.36. The minimum Gasteiger partial charge on any atom is -0.380 e. The zero-order chi connectivity index (χ0) is 8.10. The number of benzene rings is 1. The number of rotatable bonds is 3. The summed E-state index contributed by atoms with van der Waals surface area (Å²) in [7, 11) is 1.70. The lowest BCUT2D eigenvalue weighted by Gasteiger charge is -2.00. The second-order valence-corrected chi connectivity index (χ2v) is 2.73. The van der Waals surface area contributed by atoms with Gasteiger partial charge in [-0.05, 0) is 11.1 Å². The van der Waals surface area contributed by atoms with Crippen molar-refractivity contribution in [3.63, 3.8) is 0 Å². The van der Waals surface area contributed by atoms with Crippen LogP contribution in [0.1, 0.15) is 11.1 Å². The van der Waals surface area contributed by atoms with Gasteiger partial charge in [0.05, 0.1) is 6.61 Å². The summed E-state index contributed by atoms with van der Waals surface area (Å²) in [5.74, 6) is 0.789. The molecule has 0 atom stereocenters. The molecule has 0 saturated heterocycles. The van der Waals surface area contributed by atoms with Crippen LogP contribution in [-0.2, 0) is 17.1 Å². The largest absolute Gasteiger partial charge is 0.380 e. The Labute approximate surface area is 72.8 Å². The summed E-state index contributed by atoms with van der Waals surface area (Å²) in [5.41, 5.74) is 2.45. The van der Waals surface area contributed by atoms with Gasteiger partial charge in [0.1, 0.15) is 0 Å². The second kappa shape index (κ2) is 4.42. The van der Waals surface area contributed by atoms with Crippen LogP contribution in [-0.4, -0.2) is 7.11 Å². The molecular weight excluding hydrogens is 156 g/mol. The summed E-state index contributed by atoms with van der Waals surface area (Å²) in [6, 6.07) is 8.25. The lowest BCUT2D eigenvalue weighted by molar-refractivity contribution is 0.185. The van der Waals surface area contributed by atoms with Crippen molar-refractivity contribution in [1.29, 1.82) is 0 Å². The number of hydrogen-bond acceptors (Lipinski definition) is 2. The Morgan fingerprint density at radius 2 is 2.09 bits per heavy atom. The SMILES string of the molecule is COCc1cccc(CS)c1. The van der Waals surface area contributed by atoms with Crippen molar-refractivity contribution in [3.8, 4) is 0 Å². The summed E-state index contributed by atoms with van der Waals surface area (Å²) in [5, 5.41) is 0. The fourth-order valence-electron chi connectivity index (χ4n) is 0.984. The average Bonchev–Trinajstić information content (AvgIpc) is 2.06. The van der Waals surface area contributed by atoms with Crippen molar-refractivity contribution in [1.82, 2.24) is 0 Å². The average molecular weight is 168 g/mol. The molecule has 0 aliphatic carbocycles. The molecule has 0 N–H and O–H groups in total. The number of ether oxygens (including phenoxy) is 1. The summed E-state index contributed by atoms with van der Waals surface area (Å²) in [6.45, 7) is 0.682. The van der Waals surface area contributed by atoms with E-state index in [1.165, 1.54) is 11.1 Å². The van der Waals surface area contributed by atoms with Crippen molar-refractivity contribution in [2.45, 2.75) is 12.4 Å². The van der Waals surface area contributed by atoms with Crippen LogP contribution in [0.4, 0.5) is 0 Å². The third-order valence-electron chi connectivity index (χ3n) is 1.48. The van der Waals surface area contributed by atoms with E-state index in [1.54, 1.807) is 7.11 Å². The maximum atomic E-state index is 5.00. The summed E-state index contributed by atoms with van der Waals surface area (Å²) < 4.78 is 5.00. The van der Waals surface area contributed by atoms with Crippen LogP contribution in [0.5, 0.6) is 0 Å². The zero-order valence-electron chi connectivity index (χ0n) is 6.58. The number of methoxy groups -OCH3 is 1. The molecule has 0 amide bonds. The molecule has 0 aliphatic heterocycles. The fraction of sp³-hybridized carbons (Fsp3) is 0.333. The monoisotopic (exact) mass is 168 g/mol. The Morgan fingerprint density at radius 3 is 2.73 bits per heavy atom. The molecule has 0 fully saturated rings. The molecule has 0 heterocycles. The van der Waals surface area contributed by atoms with Crippen molar-refractivity contribution in [2.24, 2.45) is 0 Å².